The van der Waals surface area contributed by atoms with Gasteiger partial charge in [-0.1, -0.05) is 18.3 Å². The Morgan fingerprint density at radius 1 is 1.34 bits per heavy atom. The van der Waals surface area contributed by atoms with E-state index in [0.717, 1.165) is 37.3 Å². The van der Waals surface area contributed by atoms with Gasteiger partial charge in [-0.2, -0.15) is 4.99 Å². The first-order valence-corrected chi connectivity index (χ1v) is 12.0. The molecule has 1 unspecified atom stereocenters. The molecule has 2 aromatic rings. The van der Waals surface area contributed by atoms with Crippen molar-refractivity contribution in [3.05, 3.63) is 33.1 Å². The summed E-state index contributed by atoms with van der Waals surface area (Å²) in [6, 6.07) is 4.23. The minimum absolute atomic E-state index is 0.0156. The first-order chi connectivity index (χ1) is 15.3. The number of amides is 2. The van der Waals surface area contributed by atoms with Crippen LogP contribution in [0.2, 0.25) is 0 Å². The van der Waals surface area contributed by atoms with Crippen molar-refractivity contribution in [1.82, 2.24) is 9.47 Å². The summed E-state index contributed by atoms with van der Waals surface area (Å²) in [5.74, 6) is -0.258. The highest BCUT2D eigenvalue weighted by molar-refractivity contribution is 8.00. The number of piperidine rings is 1. The van der Waals surface area contributed by atoms with Crippen LogP contribution in [0.4, 0.5) is 5.69 Å². The largest absolute Gasteiger partial charge is 0.468 e. The Labute approximate surface area is 192 Å². The van der Waals surface area contributed by atoms with E-state index in [1.165, 1.54) is 41.6 Å². The third-order valence-electron chi connectivity index (χ3n) is 5.07. The number of aromatic nitrogens is 1. The number of carbonyl (C=O) groups excluding carboxylic acids is 3. The highest BCUT2D eigenvalue weighted by Gasteiger charge is 2.21. The Morgan fingerprint density at radius 2 is 2.12 bits per heavy atom. The number of hydrogen-bond donors (Lipinski definition) is 0. The van der Waals surface area contributed by atoms with Gasteiger partial charge in [0.1, 0.15) is 6.54 Å². The standard InChI is InChI=1S/C20H24N4O6S2/c1-13-4-3-7-22(9-13)18(26)12-31-11-17(25)21-20-23(10-19(27)30-2)15-6-5-14(24(28)29)8-16(15)32-20/h5-6,8,13H,3-4,7,9-12H2,1-2H3. The van der Waals surface area contributed by atoms with Crippen LogP contribution in [0.1, 0.15) is 19.8 Å². The summed E-state index contributed by atoms with van der Waals surface area (Å²) < 4.78 is 6.74. The summed E-state index contributed by atoms with van der Waals surface area (Å²) in [5, 5.41) is 11.1. The van der Waals surface area contributed by atoms with Crippen molar-refractivity contribution < 1.29 is 24.0 Å². The maximum Gasteiger partial charge on any atom is 0.325 e. The van der Waals surface area contributed by atoms with Crippen LogP contribution in [0, 0.1) is 16.0 Å². The van der Waals surface area contributed by atoms with Crippen molar-refractivity contribution in [1.29, 1.82) is 0 Å². The van der Waals surface area contributed by atoms with Crippen LogP contribution in [0.25, 0.3) is 10.2 Å². The molecule has 0 saturated carbocycles. The topological polar surface area (TPSA) is 124 Å². The minimum atomic E-state index is -0.535. The Bertz CT molecular complexity index is 1110. The lowest BCUT2D eigenvalue weighted by atomic mass is 10.0. The van der Waals surface area contributed by atoms with E-state index in [1.54, 1.807) is 0 Å². The number of esters is 1. The summed E-state index contributed by atoms with van der Waals surface area (Å²) in [4.78, 5) is 53.4. The second kappa shape index (κ2) is 10.7. The van der Waals surface area contributed by atoms with Crippen molar-refractivity contribution in [2.24, 2.45) is 10.9 Å². The smallest absolute Gasteiger partial charge is 0.325 e. The molecule has 1 aromatic carbocycles. The monoisotopic (exact) mass is 480 g/mol. The van der Waals surface area contributed by atoms with E-state index in [2.05, 4.69) is 11.9 Å². The van der Waals surface area contributed by atoms with Crippen molar-refractivity contribution in [2.75, 3.05) is 31.7 Å². The molecule has 1 atom stereocenters. The van der Waals surface area contributed by atoms with Crippen LogP contribution in [0.3, 0.4) is 0 Å². The maximum absolute atomic E-state index is 12.4. The Hall–Kier alpha value is -2.73. The van der Waals surface area contributed by atoms with Gasteiger partial charge in [0.25, 0.3) is 11.6 Å². The van der Waals surface area contributed by atoms with E-state index < -0.39 is 16.8 Å². The van der Waals surface area contributed by atoms with E-state index in [9.17, 15) is 24.5 Å². The average molecular weight is 481 g/mol. The molecule has 0 radical (unpaired) electrons. The number of nitro benzene ring substituents is 1. The average Bonchev–Trinajstić information content (AvgIpc) is 3.09. The lowest BCUT2D eigenvalue weighted by Gasteiger charge is -2.30. The van der Waals surface area contributed by atoms with Crippen LogP contribution < -0.4 is 4.80 Å². The number of non-ortho nitro benzene ring substituents is 1. The third kappa shape index (κ3) is 5.94. The molecule has 1 aliphatic rings. The molecule has 0 N–H and O–H groups in total. The predicted octanol–water partition coefficient (Wildman–Crippen LogP) is 2.20. The van der Waals surface area contributed by atoms with Gasteiger partial charge in [-0.25, -0.2) is 0 Å². The molecule has 1 saturated heterocycles. The Kier molecular flexibility index (Phi) is 8.02. The van der Waals surface area contributed by atoms with Gasteiger partial charge in [0.05, 0.1) is 33.8 Å². The lowest BCUT2D eigenvalue weighted by Crippen LogP contribution is -2.40. The van der Waals surface area contributed by atoms with E-state index in [0.29, 0.717) is 16.1 Å². The van der Waals surface area contributed by atoms with E-state index >= 15 is 0 Å². The zero-order valence-electron chi connectivity index (χ0n) is 17.8. The fraction of sp³-hybridized carbons (Fsp3) is 0.500. The van der Waals surface area contributed by atoms with E-state index in [1.807, 2.05) is 4.90 Å². The van der Waals surface area contributed by atoms with Gasteiger partial charge < -0.3 is 14.2 Å². The third-order valence-corrected chi connectivity index (χ3v) is 7.02. The maximum atomic E-state index is 12.4. The van der Waals surface area contributed by atoms with Gasteiger partial charge in [0.15, 0.2) is 4.80 Å². The number of hydrogen-bond acceptors (Lipinski definition) is 8. The molecular formula is C20H24N4O6S2. The molecule has 1 aliphatic heterocycles. The molecule has 172 valence electrons. The molecule has 0 bridgehead atoms. The van der Waals surface area contributed by atoms with Crippen LogP contribution >= 0.6 is 23.1 Å². The van der Waals surface area contributed by atoms with Crippen LogP contribution in [0.5, 0.6) is 0 Å². The second-order valence-corrected chi connectivity index (χ2v) is 9.54. The summed E-state index contributed by atoms with van der Waals surface area (Å²) in [5.41, 5.74) is 0.447. The summed E-state index contributed by atoms with van der Waals surface area (Å²) in [6.07, 6.45) is 2.12. The van der Waals surface area contributed by atoms with Crippen LogP contribution in [-0.2, 0) is 25.7 Å². The summed E-state index contributed by atoms with van der Waals surface area (Å²) in [6.45, 7) is 3.44. The molecule has 1 aromatic heterocycles. The van der Waals surface area contributed by atoms with Gasteiger partial charge in [-0.15, -0.1) is 11.8 Å². The SMILES string of the molecule is COC(=O)Cn1c(=NC(=O)CSCC(=O)N2CCCC(C)C2)sc2cc([N+](=O)[O-])ccc21. The molecule has 10 nitrogen and oxygen atoms in total. The normalized spacial score (nSPS) is 16.9. The van der Waals surface area contributed by atoms with Crippen molar-refractivity contribution >= 4 is 56.8 Å². The molecule has 1 fully saturated rings. The number of ether oxygens (including phenoxy) is 1. The first-order valence-electron chi connectivity index (χ1n) is 10.1. The summed E-state index contributed by atoms with van der Waals surface area (Å²) in [7, 11) is 1.25. The first kappa shape index (κ1) is 23.9. The van der Waals surface area contributed by atoms with E-state index in [4.69, 9.17) is 4.74 Å². The fourth-order valence-corrected chi connectivity index (χ4v) is 5.26. The fourth-order valence-electron chi connectivity index (χ4n) is 3.48. The molecule has 3 rings (SSSR count). The van der Waals surface area contributed by atoms with Gasteiger partial charge in [-0.05, 0) is 24.8 Å². The molecule has 2 heterocycles. The number of carbonyl (C=O) groups is 3. The molecule has 2 amide bonds. The number of likely N-dealkylation sites (tertiary alicyclic amines) is 1. The number of nitro groups is 1. The summed E-state index contributed by atoms with van der Waals surface area (Å²) >= 11 is 2.28. The molecule has 0 aliphatic carbocycles. The van der Waals surface area contributed by atoms with Crippen molar-refractivity contribution in [3.8, 4) is 0 Å². The minimum Gasteiger partial charge on any atom is -0.468 e. The van der Waals surface area contributed by atoms with Gasteiger partial charge in [0, 0.05) is 25.2 Å². The molecule has 12 heteroatoms. The highest BCUT2D eigenvalue weighted by atomic mass is 32.2. The number of nitrogens with zero attached hydrogens (tertiary/aromatic N) is 4. The van der Waals surface area contributed by atoms with Crippen molar-refractivity contribution in [3.63, 3.8) is 0 Å². The van der Waals surface area contributed by atoms with Crippen molar-refractivity contribution in [2.45, 2.75) is 26.3 Å². The van der Waals surface area contributed by atoms with Gasteiger partial charge >= 0.3 is 5.97 Å². The molecular weight excluding hydrogens is 456 g/mol. The number of fused-ring (bicyclic) bond motifs is 1. The number of rotatable bonds is 7. The Morgan fingerprint density at radius 3 is 2.81 bits per heavy atom. The zero-order valence-corrected chi connectivity index (χ0v) is 19.4. The van der Waals surface area contributed by atoms with Crippen LogP contribution in [-0.4, -0.2) is 63.9 Å². The molecule has 32 heavy (non-hydrogen) atoms. The number of methoxy groups -OCH3 is 1. The second-order valence-electron chi connectivity index (χ2n) is 7.54. The molecule has 0 spiro atoms. The number of thioether (sulfide) groups is 1. The van der Waals surface area contributed by atoms with E-state index in [-0.39, 0.29) is 34.4 Å². The van der Waals surface area contributed by atoms with Gasteiger partial charge in [0.2, 0.25) is 5.91 Å². The van der Waals surface area contributed by atoms with Crippen LogP contribution in [0.15, 0.2) is 23.2 Å². The Balaban J connectivity index is 1.74. The highest BCUT2D eigenvalue weighted by Crippen LogP contribution is 2.23. The lowest BCUT2D eigenvalue weighted by molar-refractivity contribution is -0.384. The predicted molar refractivity (Wildman–Crippen MR) is 121 cm³/mol. The number of thiazole rings is 1. The van der Waals surface area contributed by atoms with Gasteiger partial charge in [-0.3, -0.25) is 24.5 Å². The zero-order chi connectivity index (χ0) is 23.3. The quantitative estimate of drug-likeness (QED) is 0.338. The number of benzene rings is 1.